The molecule has 1 aliphatic rings. The molecule has 0 bridgehead atoms. The lowest BCUT2D eigenvalue weighted by atomic mass is 9.88. The highest BCUT2D eigenvalue weighted by Crippen LogP contribution is 2.39. The number of rotatable bonds is 5. The smallest absolute Gasteiger partial charge is 0.256 e. The monoisotopic (exact) mass is 374 g/mol. The van der Waals surface area contributed by atoms with E-state index in [1.807, 2.05) is 18.2 Å². The van der Waals surface area contributed by atoms with Gasteiger partial charge in [-0.2, -0.15) is 0 Å². The molecular weight excluding hydrogens is 352 g/mol. The average Bonchev–Trinajstić information content (AvgIpc) is 2.92. The van der Waals surface area contributed by atoms with Gasteiger partial charge in [0.1, 0.15) is 5.00 Å². The fraction of sp³-hybridized carbons (Fsp3) is 0.368. The highest BCUT2D eigenvalue weighted by Gasteiger charge is 2.27. The first-order chi connectivity index (χ1) is 12.0. The topological polar surface area (TPSA) is 72.2 Å². The number of amides is 2. The van der Waals surface area contributed by atoms with Gasteiger partial charge in [-0.3, -0.25) is 9.59 Å². The molecule has 6 heteroatoms. The van der Waals surface area contributed by atoms with E-state index in [0.717, 1.165) is 35.5 Å². The van der Waals surface area contributed by atoms with Gasteiger partial charge in [0.2, 0.25) is 0 Å². The highest BCUT2D eigenvalue weighted by atomic mass is 32.2. The molecule has 0 unspecified atom stereocenters. The van der Waals surface area contributed by atoms with Crippen LogP contribution < -0.4 is 11.1 Å². The number of primary amides is 1. The first-order valence-electron chi connectivity index (χ1n) is 8.48. The van der Waals surface area contributed by atoms with Gasteiger partial charge in [-0.1, -0.05) is 19.9 Å². The van der Waals surface area contributed by atoms with Gasteiger partial charge in [-0.25, -0.2) is 0 Å². The minimum absolute atomic E-state index is 0.201. The van der Waals surface area contributed by atoms with Gasteiger partial charge < -0.3 is 11.1 Å². The van der Waals surface area contributed by atoms with Gasteiger partial charge in [0.15, 0.2) is 0 Å². The molecule has 0 aliphatic heterocycles. The number of thiophene rings is 1. The predicted molar refractivity (Wildman–Crippen MR) is 105 cm³/mol. The fourth-order valence-corrected chi connectivity index (χ4v) is 5.30. The zero-order valence-corrected chi connectivity index (χ0v) is 16.1. The van der Waals surface area contributed by atoms with Crippen LogP contribution in [0.5, 0.6) is 0 Å². The fourth-order valence-electron chi connectivity index (χ4n) is 3.17. The van der Waals surface area contributed by atoms with Crippen molar-refractivity contribution in [3.8, 4) is 0 Å². The Morgan fingerprint density at radius 2 is 2.20 bits per heavy atom. The van der Waals surface area contributed by atoms with E-state index in [2.05, 4.69) is 19.2 Å². The van der Waals surface area contributed by atoms with Crippen LogP contribution in [0.3, 0.4) is 0 Å². The molecule has 0 fully saturated rings. The molecule has 1 aromatic carbocycles. The van der Waals surface area contributed by atoms with Crippen molar-refractivity contribution in [1.29, 1.82) is 0 Å². The Bertz CT molecular complexity index is 814. The van der Waals surface area contributed by atoms with Gasteiger partial charge >= 0.3 is 0 Å². The lowest BCUT2D eigenvalue weighted by Crippen LogP contribution is -2.19. The van der Waals surface area contributed by atoms with Crippen LogP contribution in [-0.4, -0.2) is 17.6 Å². The van der Waals surface area contributed by atoms with Gasteiger partial charge in [-0.15, -0.1) is 23.1 Å². The van der Waals surface area contributed by atoms with Crippen LogP contribution in [0.15, 0.2) is 29.2 Å². The summed E-state index contributed by atoms with van der Waals surface area (Å²) in [5.41, 5.74) is 7.73. The number of fused-ring (bicyclic) bond motifs is 1. The molecular formula is C19H22N2O2S2. The molecule has 0 radical (unpaired) electrons. The predicted octanol–water partition coefficient (Wildman–Crippen LogP) is 4.34. The first-order valence-corrected chi connectivity index (χ1v) is 10.3. The molecule has 1 aromatic heterocycles. The molecule has 3 rings (SSSR count). The normalized spacial score (nSPS) is 16.3. The molecule has 2 amide bonds. The van der Waals surface area contributed by atoms with Crippen molar-refractivity contribution in [3.63, 3.8) is 0 Å². The molecule has 132 valence electrons. The number of anilines is 1. The van der Waals surface area contributed by atoms with Crippen LogP contribution in [0.1, 0.15) is 51.4 Å². The van der Waals surface area contributed by atoms with Crippen LogP contribution >= 0.6 is 23.1 Å². The number of hydrogen-bond donors (Lipinski definition) is 2. The van der Waals surface area contributed by atoms with E-state index in [4.69, 9.17) is 5.73 Å². The summed E-state index contributed by atoms with van der Waals surface area (Å²) in [6.45, 7) is 4.29. The van der Waals surface area contributed by atoms with Gasteiger partial charge in [0.25, 0.3) is 11.8 Å². The zero-order valence-electron chi connectivity index (χ0n) is 14.4. The summed E-state index contributed by atoms with van der Waals surface area (Å²) in [7, 11) is 0. The Balaban J connectivity index is 1.88. The maximum Gasteiger partial charge on any atom is 0.256 e. The average molecular weight is 375 g/mol. The molecule has 1 aliphatic carbocycles. The van der Waals surface area contributed by atoms with Crippen molar-refractivity contribution in [2.24, 2.45) is 11.7 Å². The van der Waals surface area contributed by atoms with Gasteiger partial charge in [0, 0.05) is 15.3 Å². The molecule has 3 N–H and O–H groups in total. The van der Waals surface area contributed by atoms with Crippen LogP contribution in [0, 0.1) is 5.92 Å². The Morgan fingerprint density at radius 1 is 1.40 bits per heavy atom. The van der Waals surface area contributed by atoms with Crippen LogP contribution in [0.2, 0.25) is 0 Å². The second-order valence-corrected chi connectivity index (χ2v) is 8.78. The second-order valence-electron chi connectivity index (χ2n) is 6.34. The van der Waals surface area contributed by atoms with Crippen LogP contribution in [-0.2, 0) is 12.8 Å². The third-order valence-electron chi connectivity index (χ3n) is 4.39. The second kappa shape index (κ2) is 7.62. The molecule has 25 heavy (non-hydrogen) atoms. The maximum absolute atomic E-state index is 12.7. The van der Waals surface area contributed by atoms with Crippen LogP contribution in [0.4, 0.5) is 5.00 Å². The SMILES string of the molecule is CCSc1cccc(C(=O)Nc2sc3c(c2C(N)=O)CC[C@@H](C)C3)c1. The van der Waals surface area contributed by atoms with E-state index in [1.165, 1.54) is 16.2 Å². The van der Waals surface area contributed by atoms with Crippen LogP contribution in [0.25, 0.3) is 0 Å². The summed E-state index contributed by atoms with van der Waals surface area (Å²) in [5.74, 6) is 0.885. The number of carbonyl (C=O) groups is 2. The molecule has 1 atom stereocenters. The third kappa shape index (κ3) is 3.90. The standard InChI is InChI=1S/C19H22N2O2S2/c1-3-24-13-6-4-5-12(10-13)18(23)21-19-16(17(20)22)14-8-7-11(2)9-15(14)25-19/h4-6,10-11H,3,7-9H2,1-2H3,(H2,20,22)(H,21,23)/t11-/m1/s1. The first kappa shape index (κ1) is 18.0. The molecule has 0 spiro atoms. The summed E-state index contributed by atoms with van der Waals surface area (Å²) in [5, 5.41) is 3.51. The minimum atomic E-state index is -0.461. The van der Waals surface area contributed by atoms with Crippen molar-refractivity contribution < 1.29 is 9.59 Å². The molecule has 4 nitrogen and oxygen atoms in total. The van der Waals surface area contributed by atoms with Gasteiger partial charge in [0.05, 0.1) is 5.56 Å². The quantitative estimate of drug-likeness (QED) is 0.765. The Morgan fingerprint density at radius 3 is 2.92 bits per heavy atom. The number of carbonyl (C=O) groups excluding carboxylic acids is 2. The highest BCUT2D eigenvalue weighted by molar-refractivity contribution is 7.99. The number of benzene rings is 1. The van der Waals surface area contributed by atoms with E-state index >= 15 is 0 Å². The summed E-state index contributed by atoms with van der Waals surface area (Å²) in [4.78, 5) is 26.9. The number of thioether (sulfide) groups is 1. The molecule has 0 saturated heterocycles. The maximum atomic E-state index is 12.7. The Hall–Kier alpha value is -1.79. The summed E-state index contributed by atoms with van der Waals surface area (Å²) >= 11 is 3.19. The molecule has 2 aromatic rings. The lowest BCUT2D eigenvalue weighted by molar-refractivity contribution is 0.1000. The largest absolute Gasteiger partial charge is 0.365 e. The number of nitrogens with one attached hydrogen (secondary N) is 1. The summed E-state index contributed by atoms with van der Waals surface area (Å²) < 4.78 is 0. The van der Waals surface area contributed by atoms with Crippen molar-refractivity contribution in [2.75, 3.05) is 11.1 Å². The van der Waals surface area contributed by atoms with Crippen molar-refractivity contribution in [3.05, 3.63) is 45.8 Å². The molecule has 0 saturated carbocycles. The van der Waals surface area contributed by atoms with Crippen molar-refractivity contribution in [2.45, 2.75) is 38.0 Å². The lowest BCUT2D eigenvalue weighted by Gasteiger charge is -2.18. The summed E-state index contributed by atoms with van der Waals surface area (Å²) in [6, 6.07) is 7.53. The van der Waals surface area contributed by atoms with E-state index in [9.17, 15) is 9.59 Å². The number of nitrogens with two attached hydrogens (primary N) is 1. The third-order valence-corrected chi connectivity index (χ3v) is 6.44. The van der Waals surface area contributed by atoms with Crippen molar-refractivity contribution >= 4 is 39.9 Å². The van der Waals surface area contributed by atoms with Crippen molar-refractivity contribution in [1.82, 2.24) is 0 Å². The number of hydrogen-bond acceptors (Lipinski definition) is 4. The zero-order chi connectivity index (χ0) is 18.0. The summed E-state index contributed by atoms with van der Waals surface area (Å²) in [6.07, 6.45) is 2.84. The van der Waals surface area contributed by atoms with E-state index in [1.54, 1.807) is 17.8 Å². The van der Waals surface area contributed by atoms with E-state index < -0.39 is 5.91 Å². The minimum Gasteiger partial charge on any atom is -0.365 e. The Kier molecular flexibility index (Phi) is 5.49. The van der Waals surface area contributed by atoms with Gasteiger partial charge in [-0.05, 0) is 54.7 Å². The molecule has 1 heterocycles. The van der Waals surface area contributed by atoms with E-state index in [-0.39, 0.29) is 5.91 Å². The van der Waals surface area contributed by atoms with E-state index in [0.29, 0.717) is 22.0 Å². The Labute approximate surface area is 156 Å².